The maximum absolute atomic E-state index is 11.0. The number of rotatable bonds is 8. The van der Waals surface area contributed by atoms with Crippen molar-refractivity contribution in [3.05, 3.63) is 42.5 Å². The molecule has 6 nitrogen and oxygen atoms in total. The number of hydrogen-bond acceptors (Lipinski definition) is 4. The largest absolute Gasteiger partial charge is 0.491 e. The van der Waals surface area contributed by atoms with Crippen LogP contribution in [0.4, 0.5) is 5.69 Å². The summed E-state index contributed by atoms with van der Waals surface area (Å²) in [5, 5.41) is 12.8. The minimum Gasteiger partial charge on any atom is -0.491 e. The first kappa shape index (κ1) is 17.0. The number of nitrogens with zero attached hydrogens (tertiary/aromatic N) is 2. The van der Waals surface area contributed by atoms with Gasteiger partial charge in [0.05, 0.1) is 6.54 Å². The lowest BCUT2D eigenvalue weighted by molar-refractivity contribution is -0.114. The summed E-state index contributed by atoms with van der Waals surface area (Å²) in [6, 6.07) is 7.05. The molecule has 0 aliphatic heterocycles. The summed E-state index contributed by atoms with van der Waals surface area (Å²) < 4.78 is 7.54. The van der Waals surface area contributed by atoms with E-state index in [0.717, 1.165) is 18.7 Å². The highest BCUT2D eigenvalue weighted by molar-refractivity contribution is 5.88. The van der Waals surface area contributed by atoms with Crippen molar-refractivity contribution in [2.24, 2.45) is 0 Å². The van der Waals surface area contributed by atoms with Crippen LogP contribution in [-0.4, -0.2) is 33.3 Å². The van der Waals surface area contributed by atoms with Crippen LogP contribution in [0, 0.1) is 0 Å². The van der Waals surface area contributed by atoms with Gasteiger partial charge in [-0.25, -0.2) is 4.98 Å². The van der Waals surface area contributed by atoms with Crippen LogP contribution in [0.15, 0.2) is 36.7 Å². The first-order valence-electron chi connectivity index (χ1n) is 7.77. The van der Waals surface area contributed by atoms with E-state index in [1.165, 1.54) is 6.92 Å². The smallest absolute Gasteiger partial charge is 0.221 e. The highest BCUT2D eigenvalue weighted by Gasteiger charge is 2.09. The normalized spacial score (nSPS) is 12.0. The molecule has 0 saturated heterocycles. The molecule has 6 heteroatoms. The highest BCUT2D eigenvalue weighted by Crippen LogP contribution is 2.16. The van der Waals surface area contributed by atoms with Gasteiger partial charge in [-0.2, -0.15) is 0 Å². The van der Waals surface area contributed by atoms with Gasteiger partial charge in [0.15, 0.2) is 0 Å². The number of aliphatic hydroxyl groups is 1. The Balaban J connectivity index is 1.82. The zero-order chi connectivity index (χ0) is 16.7. The molecular formula is C17H23N3O3. The van der Waals surface area contributed by atoms with Crippen molar-refractivity contribution >= 4 is 11.6 Å². The molecule has 0 saturated carbocycles. The molecule has 2 N–H and O–H groups in total. The van der Waals surface area contributed by atoms with E-state index >= 15 is 0 Å². The Morgan fingerprint density at radius 2 is 2.13 bits per heavy atom. The highest BCUT2D eigenvalue weighted by atomic mass is 16.5. The van der Waals surface area contributed by atoms with Gasteiger partial charge >= 0.3 is 0 Å². The first-order valence-corrected chi connectivity index (χ1v) is 7.77. The number of aliphatic hydroxyl groups excluding tert-OH is 1. The predicted molar refractivity (Wildman–Crippen MR) is 88.5 cm³/mol. The van der Waals surface area contributed by atoms with E-state index in [4.69, 9.17) is 4.74 Å². The van der Waals surface area contributed by atoms with E-state index < -0.39 is 6.10 Å². The summed E-state index contributed by atoms with van der Waals surface area (Å²) in [5.74, 6) is 1.51. The number of nitrogens with one attached hydrogen (secondary N) is 1. The minimum atomic E-state index is -0.616. The molecule has 1 atom stereocenters. The topological polar surface area (TPSA) is 76.4 Å². The third-order valence-corrected chi connectivity index (χ3v) is 3.30. The van der Waals surface area contributed by atoms with E-state index in [9.17, 15) is 9.90 Å². The lowest BCUT2D eigenvalue weighted by Crippen LogP contribution is -2.24. The molecular weight excluding hydrogens is 294 g/mol. The summed E-state index contributed by atoms with van der Waals surface area (Å²) in [4.78, 5) is 15.2. The van der Waals surface area contributed by atoms with Crippen LogP contribution in [0.1, 0.15) is 26.1 Å². The molecule has 0 unspecified atom stereocenters. The summed E-state index contributed by atoms with van der Waals surface area (Å²) in [5.41, 5.74) is 0.716. The second kappa shape index (κ2) is 8.33. The Hall–Kier alpha value is -2.34. The molecule has 0 bridgehead atoms. The number of carbonyl (C=O) groups is 1. The molecule has 1 aromatic heterocycles. The molecule has 0 spiro atoms. The van der Waals surface area contributed by atoms with E-state index in [1.54, 1.807) is 30.5 Å². The van der Waals surface area contributed by atoms with Crippen LogP contribution in [0.3, 0.4) is 0 Å². The number of benzene rings is 1. The van der Waals surface area contributed by atoms with Crippen molar-refractivity contribution < 1.29 is 14.6 Å². The van der Waals surface area contributed by atoms with Gasteiger partial charge in [0, 0.05) is 31.4 Å². The minimum absolute atomic E-state index is 0.114. The van der Waals surface area contributed by atoms with Crippen LogP contribution < -0.4 is 10.1 Å². The van der Waals surface area contributed by atoms with Crippen LogP contribution in [0.25, 0.3) is 0 Å². The molecule has 1 heterocycles. The summed E-state index contributed by atoms with van der Waals surface area (Å²) in [6.07, 6.45) is 4.92. The zero-order valence-electron chi connectivity index (χ0n) is 13.5. The standard InChI is InChI=1S/C17H23N3O3/c1-3-4-17-18-9-10-20(17)11-15(22)12-23-16-7-5-14(6-8-16)19-13(2)21/h5-10,15,22H,3-4,11-12H2,1-2H3,(H,19,21)/t15-/m0/s1. The molecule has 1 aromatic carbocycles. The van der Waals surface area contributed by atoms with Gasteiger partial charge in [0.1, 0.15) is 24.3 Å². The van der Waals surface area contributed by atoms with E-state index in [2.05, 4.69) is 17.2 Å². The third-order valence-electron chi connectivity index (χ3n) is 3.30. The molecule has 2 aromatic rings. The van der Waals surface area contributed by atoms with E-state index in [0.29, 0.717) is 18.0 Å². The maximum atomic E-state index is 11.0. The van der Waals surface area contributed by atoms with Crippen molar-refractivity contribution in [2.45, 2.75) is 39.3 Å². The Morgan fingerprint density at radius 3 is 2.78 bits per heavy atom. The average Bonchev–Trinajstić information content (AvgIpc) is 2.93. The van der Waals surface area contributed by atoms with Crippen LogP contribution in [0.2, 0.25) is 0 Å². The van der Waals surface area contributed by atoms with Crippen LogP contribution in [0.5, 0.6) is 5.75 Å². The molecule has 23 heavy (non-hydrogen) atoms. The van der Waals surface area contributed by atoms with Crippen LogP contribution >= 0.6 is 0 Å². The Labute approximate surface area is 136 Å². The van der Waals surface area contributed by atoms with Crippen molar-refractivity contribution in [1.29, 1.82) is 0 Å². The van der Waals surface area contributed by atoms with Gasteiger partial charge in [-0.05, 0) is 30.7 Å². The molecule has 0 fully saturated rings. The lowest BCUT2D eigenvalue weighted by Gasteiger charge is -2.15. The summed E-state index contributed by atoms with van der Waals surface area (Å²) in [7, 11) is 0. The number of aromatic nitrogens is 2. The van der Waals surface area contributed by atoms with Gasteiger partial charge in [0.2, 0.25) is 5.91 Å². The Kier molecular flexibility index (Phi) is 6.17. The number of amides is 1. The quantitative estimate of drug-likeness (QED) is 0.783. The zero-order valence-corrected chi connectivity index (χ0v) is 13.5. The van der Waals surface area contributed by atoms with Gasteiger partial charge in [-0.15, -0.1) is 0 Å². The molecule has 124 valence electrons. The van der Waals surface area contributed by atoms with Crippen LogP contribution in [-0.2, 0) is 17.8 Å². The lowest BCUT2D eigenvalue weighted by atomic mass is 10.3. The van der Waals surface area contributed by atoms with E-state index in [1.807, 2.05) is 10.8 Å². The fourth-order valence-electron chi connectivity index (χ4n) is 2.27. The van der Waals surface area contributed by atoms with Crippen molar-refractivity contribution in [2.75, 3.05) is 11.9 Å². The molecule has 0 aliphatic rings. The van der Waals surface area contributed by atoms with E-state index in [-0.39, 0.29) is 12.5 Å². The number of hydrogen-bond donors (Lipinski definition) is 2. The predicted octanol–water partition coefficient (Wildman–Crippen LogP) is 2.23. The Morgan fingerprint density at radius 1 is 1.39 bits per heavy atom. The number of imidazole rings is 1. The number of aryl methyl sites for hydroxylation is 1. The second-order valence-corrected chi connectivity index (χ2v) is 5.42. The first-order chi connectivity index (χ1) is 11.1. The number of carbonyl (C=O) groups excluding carboxylic acids is 1. The van der Waals surface area contributed by atoms with Gasteiger partial charge in [-0.1, -0.05) is 6.92 Å². The average molecular weight is 317 g/mol. The maximum Gasteiger partial charge on any atom is 0.221 e. The van der Waals surface area contributed by atoms with Gasteiger partial charge in [0.25, 0.3) is 0 Å². The van der Waals surface area contributed by atoms with Crippen molar-refractivity contribution in [3.63, 3.8) is 0 Å². The van der Waals surface area contributed by atoms with Crippen molar-refractivity contribution in [1.82, 2.24) is 9.55 Å². The fraction of sp³-hybridized carbons (Fsp3) is 0.412. The third kappa shape index (κ3) is 5.41. The molecule has 1 amide bonds. The Bertz CT molecular complexity index is 622. The number of anilines is 1. The summed E-state index contributed by atoms with van der Waals surface area (Å²) in [6.45, 7) is 4.22. The molecule has 2 rings (SSSR count). The number of ether oxygens (including phenoxy) is 1. The monoisotopic (exact) mass is 317 g/mol. The van der Waals surface area contributed by atoms with Gasteiger partial charge < -0.3 is 19.7 Å². The molecule has 0 radical (unpaired) electrons. The second-order valence-electron chi connectivity index (χ2n) is 5.42. The van der Waals surface area contributed by atoms with Crippen molar-refractivity contribution in [3.8, 4) is 5.75 Å². The van der Waals surface area contributed by atoms with Gasteiger partial charge in [-0.3, -0.25) is 4.79 Å². The summed E-state index contributed by atoms with van der Waals surface area (Å²) >= 11 is 0. The SMILES string of the molecule is CCCc1nccn1C[C@H](O)COc1ccc(NC(C)=O)cc1. The fourth-order valence-corrected chi connectivity index (χ4v) is 2.27. The molecule has 0 aliphatic carbocycles.